The molecular formula is C21H25ClN8O. The number of hydrogen-bond acceptors (Lipinski definition) is 7. The van der Waals surface area contributed by atoms with E-state index in [1.165, 1.54) is 0 Å². The number of nitrogens with zero attached hydrogens (tertiary/aromatic N) is 6. The van der Waals surface area contributed by atoms with Crippen LogP contribution in [0.2, 0.25) is 5.02 Å². The molecule has 0 unspecified atom stereocenters. The fraction of sp³-hybridized carbons (Fsp3) is 0.333. The molecule has 1 amide bonds. The lowest BCUT2D eigenvalue weighted by atomic mass is 10.2. The summed E-state index contributed by atoms with van der Waals surface area (Å²) >= 11 is 6.23. The highest BCUT2D eigenvalue weighted by atomic mass is 35.5. The topological polar surface area (TPSA) is 91.2 Å². The number of benzene rings is 1. The molecule has 31 heavy (non-hydrogen) atoms. The second kappa shape index (κ2) is 9.76. The van der Waals surface area contributed by atoms with Gasteiger partial charge in [0, 0.05) is 38.9 Å². The molecule has 1 aliphatic rings. The van der Waals surface area contributed by atoms with Gasteiger partial charge in [-0.2, -0.15) is 10.1 Å². The molecule has 0 spiro atoms. The third kappa shape index (κ3) is 5.71. The van der Waals surface area contributed by atoms with Gasteiger partial charge in [-0.05, 0) is 12.6 Å². The average molecular weight is 441 g/mol. The van der Waals surface area contributed by atoms with Gasteiger partial charge in [0.2, 0.25) is 11.9 Å². The highest BCUT2D eigenvalue weighted by Gasteiger charge is 2.19. The van der Waals surface area contributed by atoms with Crippen molar-refractivity contribution < 1.29 is 4.79 Å². The van der Waals surface area contributed by atoms with Crippen LogP contribution >= 0.6 is 11.6 Å². The molecule has 1 aliphatic heterocycles. The molecule has 0 radical (unpaired) electrons. The summed E-state index contributed by atoms with van der Waals surface area (Å²) in [6, 6.07) is 10.00. The number of likely N-dealkylation sites (N-methyl/N-ethyl adjacent to an activating group) is 1. The lowest BCUT2D eigenvalue weighted by molar-refractivity contribution is -0.133. The largest absolute Gasteiger partial charge is 0.365 e. The Balaban J connectivity index is 1.35. The average Bonchev–Trinajstić information content (AvgIpc) is 3.22. The van der Waals surface area contributed by atoms with Gasteiger partial charge in [0.05, 0.1) is 18.1 Å². The van der Waals surface area contributed by atoms with Gasteiger partial charge in [0.25, 0.3) is 0 Å². The fourth-order valence-electron chi connectivity index (χ4n) is 3.27. The summed E-state index contributed by atoms with van der Waals surface area (Å²) in [6.07, 6.45) is 4.96. The monoisotopic (exact) mass is 440 g/mol. The van der Waals surface area contributed by atoms with E-state index in [4.69, 9.17) is 11.6 Å². The summed E-state index contributed by atoms with van der Waals surface area (Å²) in [5, 5.41) is 11.1. The van der Waals surface area contributed by atoms with E-state index < -0.39 is 0 Å². The number of aromatic nitrogens is 4. The van der Waals surface area contributed by atoms with E-state index in [9.17, 15) is 4.79 Å². The zero-order valence-electron chi connectivity index (χ0n) is 17.3. The Morgan fingerprint density at radius 1 is 1.13 bits per heavy atom. The zero-order chi connectivity index (χ0) is 21.6. The molecule has 0 atom stereocenters. The van der Waals surface area contributed by atoms with Gasteiger partial charge >= 0.3 is 0 Å². The first kappa shape index (κ1) is 21.1. The van der Waals surface area contributed by atoms with Gasteiger partial charge in [-0.1, -0.05) is 41.9 Å². The second-order valence-corrected chi connectivity index (χ2v) is 7.87. The summed E-state index contributed by atoms with van der Waals surface area (Å²) in [5.74, 6) is 1.00. The molecule has 0 aliphatic carbocycles. The molecule has 162 valence electrons. The number of rotatable bonds is 7. The van der Waals surface area contributed by atoms with Crippen LogP contribution in [0.5, 0.6) is 0 Å². The third-order valence-electron chi connectivity index (χ3n) is 5.09. The Kier molecular flexibility index (Phi) is 6.63. The van der Waals surface area contributed by atoms with Crippen molar-refractivity contribution in [3.8, 4) is 0 Å². The van der Waals surface area contributed by atoms with Crippen molar-refractivity contribution in [1.29, 1.82) is 0 Å². The van der Waals surface area contributed by atoms with Gasteiger partial charge in [0.15, 0.2) is 5.82 Å². The van der Waals surface area contributed by atoms with Gasteiger partial charge < -0.3 is 20.4 Å². The highest BCUT2D eigenvalue weighted by molar-refractivity contribution is 6.32. The molecule has 1 saturated heterocycles. The molecule has 3 heterocycles. The van der Waals surface area contributed by atoms with E-state index in [-0.39, 0.29) is 12.5 Å². The first-order chi connectivity index (χ1) is 15.1. The Bertz CT molecular complexity index is 1020. The van der Waals surface area contributed by atoms with Crippen molar-refractivity contribution in [2.45, 2.75) is 13.1 Å². The van der Waals surface area contributed by atoms with E-state index in [1.54, 1.807) is 23.3 Å². The number of carbonyl (C=O) groups excluding carboxylic acids is 1. The van der Waals surface area contributed by atoms with Crippen LogP contribution in [-0.2, 0) is 17.9 Å². The lowest BCUT2D eigenvalue weighted by Crippen LogP contribution is -2.48. The van der Waals surface area contributed by atoms with E-state index >= 15 is 0 Å². The summed E-state index contributed by atoms with van der Waals surface area (Å²) in [4.78, 5) is 25.3. The maximum Gasteiger partial charge on any atom is 0.244 e. The number of halogens is 1. The Morgan fingerprint density at radius 3 is 2.68 bits per heavy atom. The number of nitrogens with one attached hydrogen (secondary N) is 2. The molecule has 9 nitrogen and oxygen atoms in total. The summed E-state index contributed by atoms with van der Waals surface area (Å²) in [6.45, 7) is 4.09. The lowest BCUT2D eigenvalue weighted by Gasteiger charge is -2.32. The van der Waals surface area contributed by atoms with Gasteiger partial charge in [-0.25, -0.2) is 4.98 Å². The minimum atomic E-state index is 0.0675. The normalized spacial score (nSPS) is 14.5. The number of piperazine rings is 1. The maximum absolute atomic E-state index is 12.5. The molecule has 1 aromatic carbocycles. The number of hydrogen-bond donors (Lipinski definition) is 2. The smallest absolute Gasteiger partial charge is 0.244 e. The van der Waals surface area contributed by atoms with Crippen LogP contribution in [-0.4, -0.2) is 68.7 Å². The second-order valence-electron chi connectivity index (χ2n) is 7.46. The third-order valence-corrected chi connectivity index (χ3v) is 5.37. The molecule has 4 rings (SSSR count). The van der Waals surface area contributed by atoms with Gasteiger partial charge in [0.1, 0.15) is 11.6 Å². The van der Waals surface area contributed by atoms with E-state index in [1.807, 2.05) is 35.2 Å². The van der Waals surface area contributed by atoms with Crippen LogP contribution in [0.25, 0.3) is 0 Å². The van der Waals surface area contributed by atoms with Gasteiger partial charge in [-0.15, -0.1) is 0 Å². The van der Waals surface area contributed by atoms with Crippen LogP contribution < -0.4 is 10.6 Å². The van der Waals surface area contributed by atoms with Gasteiger partial charge in [-0.3, -0.25) is 9.48 Å². The van der Waals surface area contributed by atoms with E-state index in [0.717, 1.165) is 31.7 Å². The molecule has 0 saturated carbocycles. The SMILES string of the molecule is CN1CCN(C(=O)Cn2cc(Nc3ncc(Cl)c(NCc4ccccc4)n3)cn2)CC1. The molecule has 1 fully saturated rings. The molecule has 2 N–H and O–H groups in total. The Hall–Kier alpha value is -3.17. The highest BCUT2D eigenvalue weighted by Crippen LogP contribution is 2.22. The predicted octanol–water partition coefficient (Wildman–Crippen LogP) is 2.46. The number of amides is 1. The van der Waals surface area contributed by atoms with E-state index in [2.05, 4.69) is 37.6 Å². The van der Waals surface area contributed by atoms with Crippen LogP contribution in [0.4, 0.5) is 17.5 Å². The van der Waals surface area contributed by atoms with Crippen LogP contribution in [0.1, 0.15) is 5.56 Å². The van der Waals surface area contributed by atoms with Crippen molar-refractivity contribution in [3.63, 3.8) is 0 Å². The molecule has 0 bridgehead atoms. The Labute approximate surface area is 186 Å². The molecular weight excluding hydrogens is 416 g/mol. The van der Waals surface area contributed by atoms with E-state index in [0.29, 0.717) is 29.0 Å². The summed E-state index contributed by atoms with van der Waals surface area (Å²) in [5.41, 5.74) is 1.82. The van der Waals surface area contributed by atoms with Crippen LogP contribution in [0.3, 0.4) is 0 Å². The minimum Gasteiger partial charge on any atom is -0.365 e. The minimum absolute atomic E-state index is 0.0675. The molecule has 2 aromatic heterocycles. The van der Waals surface area contributed by atoms with Crippen molar-refractivity contribution in [2.75, 3.05) is 43.9 Å². The predicted molar refractivity (Wildman–Crippen MR) is 120 cm³/mol. The van der Waals surface area contributed by atoms with Crippen molar-refractivity contribution in [3.05, 3.63) is 59.5 Å². The Morgan fingerprint density at radius 2 is 1.90 bits per heavy atom. The fourth-order valence-corrected chi connectivity index (χ4v) is 3.43. The van der Waals surface area contributed by atoms with Crippen molar-refractivity contribution in [1.82, 2.24) is 29.5 Å². The van der Waals surface area contributed by atoms with Crippen LogP contribution in [0, 0.1) is 0 Å². The van der Waals surface area contributed by atoms with Crippen molar-refractivity contribution in [2.24, 2.45) is 0 Å². The number of carbonyl (C=O) groups is 1. The molecule has 3 aromatic rings. The summed E-state index contributed by atoms with van der Waals surface area (Å²) in [7, 11) is 2.06. The van der Waals surface area contributed by atoms with Crippen molar-refractivity contribution >= 4 is 35.0 Å². The first-order valence-corrected chi connectivity index (χ1v) is 10.5. The first-order valence-electron chi connectivity index (χ1n) is 10.1. The zero-order valence-corrected chi connectivity index (χ0v) is 18.1. The quantitative estimate of drug-likeness (QED) is 0.583. The number of anilines is 3. The maximum atomic E-state index is 12.5. The van der Waals surface area contributed by atoms with Crippen LogP contribution in [0.15, 0.2) is 48.9 Å². The molecule has 10 heteroatoms. The summed E-state index contributed by atoms with van der Waals surface area (Å²) < 4.78 is 1.62. The standard InChI is InChI=1S/C21H25ClN8O/c1-28-7-9-29(10-8-28)19(31)15-30-14-17(12-25-30)26-21-24-13-18(22)20(27-21)23-11-16-5-3-2-4-6-16/h2-6,12-14H,7-11,15H2,1H3,(H2,23,24,26,27).